The molecule has 1 fully saturated rings. The quantitative estimate of drug-likeness (QED) is 0.847. The van der Waals surface area contributed by atoms with Gasteiger partial charge < -0.3 is 15.5 Å². The van der Waals surface area contributed by atoms with Crippen molar-refractivity contribution in [1.29, 1.82) is 0 Å². The maximum atomic E-state index is 12.8. The van der Waals surface area contributed by atoms with Crippen LogP contribution in [0.4, 0.5) is 5.69 Å². The second kappa shape index (κ2) is 6.33. The molecule has 2 heterocycles. The number of amides is 3. The predicted octanol–water partition coefficient (Wildman–Crippen LogP) is 2.43. The Labute approximate surface area is 151 Å². The van der Waals surface area contributed by atoms with Crippen molar-refractivity contribution in [2.24, 2.45) is 5.41 Å². The Kier molecular flexibility index (Phi) is 4.49. The third-order valence-corrected chi connectivity index (χ3v) is 4.63. The predicted molar refractivity (Wildman–Crippen MR) is 95.5 cm³/mol. The fourth-order valence-electron chi connectivity index (χ4n) is 3.35. The van der Waals surface area contributed by atoms with E-state index in [9.17, 15) is 14.4 Å². The van der Waals surface area contributed by atoms with E-state index in [0.717, 1.165) is 0 Å². The van der Waals surface area contributed by atoms with Crippen molar-refractivity contribution >= 4 is 35.0 Å². The number of carbonyl (C=O) groups excluding carboxylic acids is 3. The Morgan fingerprint density at radius 1 is 1.36 bits per heavy atom. The molecule has 2 N–H and O–H groups in total. The largest absolute Gasteiger partial charge is 0.351 e. The summed E-state index contributed by atoms with van der Waals surface area (Å²) in [6.45, 7) is 6.31. The first-order valence-corrected chi connectivity index (χ1v) is 8.72. The molecule has 1 saturated heterocycles. The van der Waals surface area contributed by atoms with E-state index in [1.54, 1.807) is 18.2 Å². The van der Waals surface area contributed by atoms with Gasteiger partial charge in [-0.05, 0) is 30.0 Å². The first kappa shape index (κ1) is 17.7. The first-order valence-electron chi connectivity index (χ1n) is 8.35. The monoisotopic (exact) mass is 363 g/mol. The molecule has 0 aromatic heterocycles. The molecule has 7 heteroatoms. The standard InChI is InChI=1S/C18H22ClN3O3/c1-18(2,3)8-15(23)20-11-7-14-16(24)21-13-6-10(19)4-5-12(13)17(25)22(14)9-11/h4-6,11,14H,7-9H2,1-3H3,(H,20,23)(H,21,24)/t11-,14-/m0/s1. The summed E-state index contributed by atoms with van der Waals surface area (Å²) in [5.74, 6) is -0.528. The van der Waals surface area contributed by atoms with Gasteiger partial charge >= 0.3 is 0 Å². The Morgan fingerprint density at radius 3 is 2.76 bits per heavy atom. The van der Waals surface area contributed by atoms with Crippen LogP contribution >= 0.6 is 11.6 Å². The SMILES string of the molecule is CC(C)(C)CC(=O)N[C@H]1C[C@H]2C(=O)Nc3cc(Cl)ccc3C(=O)N2C1. The van der Waals surface area contributed by atoms with Crippen LogP contribution in [0.5, 0.6) is 0 Å². The molecule has 25 heavy (non-hydrogen) atoms. The Hall–Kier alpha value is -2.08. The summed E-state index contributed by atoms with van der Waals surface area (Å²) in [5.41, 5.74) is 0.741. The molecule has 0 unspecified atom stereocenters. The molecule has 0 radical (unpaired) electrons. The van der Waals surface area contributed by atoms with Gasteiger partial charge in [-0.25, -0.2) is 0 Å². The molecule has 3 amide bonds. The number of nitrogens with one attached hydrogen (secondary N) is 2. The fraction of sp³-hybridized carbons (Fsp3) is 0.500. The van der Waals surface area contributed by atoms with Crippen molar-refractivity contribution < 1.29 is 14.4 Å². The maximum Gasteiger partial charge on any atom is 0.256 e. The van der Waals surface area contributed by atoms with E-state index in [4.69, 9.17) is 11.6 Å². The summed E-state index contributed by atoms with van der Waals surface area (Å²) >= 11 is 5.96. The van der Waals surface area contributed by atoms with Crippen molar-refractivity contribution in [1.82, 2.24) is 10.2 Å². The maximum absolute atomic E-state index is 12.8. The van der Waals surface area contributed by atoms with Crippen molar-refractivity contribution in [3.8, 4) is 0 Å². The molecule has 0 bridgehead atoms. The number of hydrogen-bond acceptors (Lipinski definition) is 3. The van der Waals surface area contributed by atoms with Crippen LogP contribution in [-0.2, 0) is 9.59 Å². The molecule has 134 valence electrons. The normalized spacial score (nSPS) is 22.8. The molecule has 6 nitrogen and oxygen atoms in total. The second-order valence-electron chi connectivity index (χ2n) is 7.89. The van der Waals surface area contributed by atoms with Crippen molar-refractivity contribution in [2.75, 3.05) is 11.9 Å². The van der Waals surface area contributed by atoms with E-state index in [2.05, 4.69) is 10.6 Å². The van der Waals surface area contributed by atoms with Gasteiger partial charge in [0.25, 0.3) is 5.91 Å². The van der Waals surface area contributed by atoms with Gasteiger partial charge in [-0.15, -0.1) is 0 Å². The minimum absolute atomic E-state index is 0.0600. The van der Waals surface area contributed by atoms with Crippen LogP contribution < -0.4 is 10.6 Å². The number of benzene rings is 1. The third-order valence-electron chi connectivity index (χ3n) is 4.39. The van der Waals surface area contributed by atoms with E-state index in [0.29, 0.717) is 35.7 Å². The van der Waals surface area contributed by atoms with Crippen molar-refractivity contribution in [3.63, 3.8) is 0 Å². The van der Waals surface area contributed by atoms with E-state index in [1.165, 1.54) is 4.90 Å². The minimum Gasteiger partial charge on any atom is -0.351 e. The van der Waals surface area contributed by atoms with E-state index < -0.39 is 6.04 Å². The lowest BCUT2D eigenvalue weighted by atomic mass is 9.92. The molecule has 3 rings (SSSR count). The van der Waals surface area contributed by atoms with E-state index in [-0.39, 0.29) is 29.2 Å². The number of hydrogen-bond donors (Lipinski definition) is 2. The van der Waals surface area contributed by atoms with Gasteiger partial charge in [0, 0.05) is 24.0 Å². The third kappa shape index (κ3) is 3.79. The van der Waals surface area contributed by atoms with Gasteiger partial charge in [-0.2, -0.15) is 0 Å². The zero-order valence-electron chi connectivity index (χ0n) is 14.6. The molecular formula is C18H22ClN3O3. The Morgan fingerprint density at radius 2 is 2.08 bits per heavy atom. The van der Waals surface area contributed by atoms with Crippen LogP contribution in [0, 0.1) is 5.41 Å². The van der Waals surface area contributed by atoms with E-state index in [1.807, 2.05) is 20.8 Å². The van der Waals surface area contributed by atoms with Crippen LogP contribution in [0.3, 0.4) is 0 Å². The smallest absolute Gasteiger partial charge is 0.256 e. The zero-order valence-corrected chi connectivity index (χ0v) is 15.3. The average Bonchev–Trinajstić information content (AvgIpc) is 2.85. The molecule has 1 aromatic carbocycles. The highest BCUT2D eigenvalue weighted by atomic mass is 35.5. The topological polar surface area (TPSA) is 78.5 Å². The van der Waals surface area contributed by atoms with Gasteiger partial charge in [0.2, 0.25) is 11.8 Å². The van der Waals surface area contributed by atoms with Crippen LogP contribution in [-0.4, -0.2) is 41.2 Å². The molecule has 1 aromatic rings. The van der Waals surface area contributed by atoms with Gasteiger partial charge in [-0.1, -0.05) is 32.4 Å². The van der Waals surface area contributed by atoms with Gasteiger partial charge in [0.05, 0.1) is 11.3 Å². The fourth-order valence-corrected chi connectivity index (χ4v) is 3.52. The summed E-state index contributed by atoms with van der Waals surface area (Å²) in [6, 6.07) is 4.02. The summed E-state index contributed by atoms with van der Waals surface area (Å²) in [4.78, 5) is 39.0. The number of rotatable bonds is 2. The van der Waals surface area contributed by atoms with Crippen molar-refractivity contribution in [2.45, 2.75) is 45.7 Å². The van der Waals surface area contributed by atoms with Crippen LogP contribution in [0.25, 0.3) is 0 Å². The molecule has 2 aliphatic heterocycles. The van der Waals surface area contributed by atoms with Gasteiger partial charge in [-0.3, -0.25) is 14.4 Å². The summed E-state index contributed by atoms with van der Waals surface area (Å²) in [6.07, 6.45) is 0.810. The van der Waals surface area contributed by atoms with Crippen molar-refractivity contribution in [3.05, 3.63) is 28.8 Å². The molecule has 0 saturated carbocycles. The minimum atomic E-state index is -0.585. The number of anilines is 1. The number of fused-ring (bicyclic) bond motifs is 2. The van der Waals surface area contributed by atoms with E-state index >= 15 is 0 Å². The lowest BCUT2D eigenvalue weighted by Gasteiger charge is -2.21. The molecular weight excluding hydrogens is 342 g/mol. The summed E-state index contributed by atoms with van der Waals surface area (Å²) in [7, 11) is 0. The highest BCUT2D eigenvalue weighted by Gasteiger charge is 2.43. The van der Waals surface area contributed by atoms with Crippen LogP contribution in [0.1, 0.15) is 44.0 Å². The first-order chi connectivity index (χ1) is 11.6. The zero-order chi connectivity index (χ0) is 18.4. The lowest BCUT2D eigenvalue weighted by molar-refractivity contribution is -0.123. The number of nitrogens with zero attached hydrogens (tertiary/aromatic N) is 1. The number of halogens is 1. The molecule has 0 aliphatic carbocycles. The molecule has 0 spiro atoms. The van der Waals surface area contributed by atoms with Crippen LogP contribution in [0.2, 0.25) is 5.02 Å². The molecule has 2 atom stereocenters. The Balaban J connectivity index is 1.77. The average molecular weight is 364 g/mol. The van der Waals surface area contributed by atoms with Crippen LogP contribution in [0.15, 0.2) is 18.2 Å². The molecule has 2 aliphatic rings. The lowest BCUT2D eigenvalue weighted by Crippen LogP contribution is -2.41. The highest BCUT2D eigenvalue weighted by molar-refractivity contribution is 6.31. The highest BCUT2D eigenvalue weighted by Crippen LogP contribution is 2.31. The second-order valence-corrected chi connectivity index (χ2v) is 8.33. The Bertz CT molecular complexity index is 742. The van der Waals surface area contributed by atoms with Gasteiger partial charge in [0.15, 0.2) is 0 Å². The summed E-state index contributed by atoms with van der Waals surface area (Å²) < 4.78 is 0. The number of carbonyl (C=O) groups is 3. The van der Waals surface area contributed by atoms with Gasteiger partial charge in [0.1, 0.15) is 6.04 Å². The summed E-state index contributed by atoms with van der Waals surface area (Å²) in [5, 5.41) is 6.19.